The Hall–Kier alpha value is -2.38. The van der Waals surface area contributed by atoms with Gasteiger partial charge < -0.3 is 19.3 Å². The molecule has 0 spiro atoms. The molecule has 0 saturated carbocycles. The van der Waals surface area contributed by atoms with Gasteiger partial charge >= 0.3 is 0 Å². The van der Waals surface area contributed by atoms with Gasteiger partial charge in [-0.25, -0.2) is 0 Å². The fourth-order valence-electron chi connectivity index (χ4n) is 4.78. The van der Waals surface area contributed by atoms with Crippen LogP contribution < -0.4 is 4.74 Å². The maximum absolute atomic E-state index is 13.6. The van der Waals surface area contributed by atoms with Crippen molar-refractivity contribution in [3.63, 3.8) is 0 Å². The number of rotatable bonds is 9. The van der Waals surface area contributed by atoms with Crippen LogP contribution in [-0.2, 0) is 20.7 Å². The van der Waals surface area contributed by atoms with Crippen molar-refractivity contribution in [3.8, 4) is 5.75 Å². The number of thiophene rings is 1. The van der Waals surface area contributed by atoms with Gasteiger partial charge in [-0.15, -0.1) is 11.3 Å². The molecule has 1 aromatic heterocycles. The topological polar surface area (TPSA) is 59.1 Å². The SMILES string of the molecule is Cc1ccccc1OC[C@H]1c2ccsc2CCN1C(=O)CN(C[C@H]1CCCO1)C(=O)CC(C)C. The van der Waals surface area contributed by atoms with E-state index in [0.29, 0.717) is 26.1 Å². The maximum atomic E-state index is 13.6. The Morgan fingerprint density at radius 2 is 2.09 bits per heavy atom. The highest BCUT2D eigenvalue weighted by molar-refractivity contribution is 7.10. The second kappa shape index (κ2) is 11.4. The fourth-order valence-corrected chi connectivity index (χ4v) is 5.71. The molecule has 2 aliphatic rings. The van der Waals surface area contributed by atoms with Crippen LogP contribution >= 0.6 is 11.3 Å². The van der Waals surface area contributed by atoms with Gasteiger partial charge in [0.2, 0.25) is 11.8 Å². The minimum atomic E-state index is -0.160. The van der Waals surface area contributed by atoms with Gasteiger partial charge in [0.15, 0.2) is 0 Å². The van der Waals surface area contributed by atoms with Crippen molar-refractivity contribution in [1.82, 2.24) is 9.80 Å². The van der Waals surface area contributed by atoms with Crippen LogP contribution in [0.4, 0.5) is 0 Å². The Bertz CT molecular complexity index is 983. The third-order valence-corrected chi connectivity index (χ3v) is 7.61. The van der Waals surface area contributed by atoms with Gasteiger partial charge in [-0.2, -0.15) is 0 Å². The van der Waals surface area contributed by atoms with Crippen LogP contribution in [0, 0.1) is 12.8 Å². The van der Waals surface area contributed by atoms with E-state index in [-0.39, 0.29) is 36.4 Å². The molecular formula is C27H36N2O4S. The van der Waals surface area contributed by atoms with E-state index in [2.05, 4.69) is 11.4 Å². The predicted octanol–water partition coefficient (Wildman–Crippen LogP) is 4.62. The van der Waals surface area contributed by atoms with Crippen LogP contribution in [0.2, 0.25) is 0 Å². The third-order valence-electron chi connectivity index (χ3n) is 6.62. The number of aryl methyl sites for hydroxylation is 1. The summed E-state index contributed by atoms with van der Waals surface area (Å²) in [7, 11) is 0. The normalized spacial score (nSPS) is 19.8. The molecule has 6 nitrogen and oxygen atoms in total. The molecule has 4 rings (SSSR count). The predicted molar refractivity (Wildman–Crippen MR) is 134 cm³/mol. The van der Waals surface area contributed by atoms with Gasteiger partial charge in [0.25, 0.3) is 0 Å². The van der Waals surface area contributed by atoms with Gasteiger partial charge in [0.05, 0.1) is 18.7 Å². The zero-order chi connectivity index (χ0) is 24.1. The maximum Gasteiger partial charge on any atom is 0.242 e. The molecule has 1 fully saturated rings. The molecular weight excluding hydrogens is 448 g/mol. The molecule has 34 heavy (non-hydrogen) atoms. The molecule has 0 unspecified atom stereocenters. The molecule has 2 amide bonds. The summed E-state index contributed by atoms with van der Waals surface area (Å²) in [5, 5.41) is 2.09. The highest BCUT2D eigenvalue weighted by Crippen LogP contribution is 2.34. The molecule has 3 heterocycles. The van der Waals surface area contributed by atoms with Crippen LogP contribution in [0.15, 0.2) is 35.7 Å². The summed E-state index contributed by atoms with van der Waals surface area (Å²) < 4.78 is 12.0. The number of carbonyl (C=O) groups is 2. The first-order chi connectivity index (χ1) is 16.4. The van der Waals surface area contributed by atoms with Crippen LogP contribution in [-0.4, -0.2) is 60.6 Å². The van der Waals surface area contributed by atoms with Crippen molar-refractivity contribution in [3.05, 3.63) is 51.7 Å². The number of hydrogen-bond donors (Lipinski definition) is 0. The first-order valence-corrected chi connectivity index (χ1v) is 13.2. The van der Waals surface area contributed by atoms with E-state index in [9.17, 15) is 9.59 Å². The number of hydrogen-bond acceptors (Lipinski definition) is 5. The lowest BCUT2D eigenvalue weighted by atomic mass is 10.00. The minimum Gasteiger partial charge on any atom is -0.491 e. The number of nitrogens with zero attached hydrogens (tertiary/aromatic N) is 2. The van der Waals surface area contributed by atoms with Gasteiger partial charge in [-0.05, 0) is 60.7 Å². The molecule has 1 saturated heterocycles. The summed E-state index contributed by atoms with van der Waals surface area (Å²) in [6, 6.07) is 9.90. The Morgan fingerprint density at radius 3 is 2.82 bits per heavy atom. The molecule has 0 N–H and O–H groups in total. The third kappa shape index (κ3) is 5.99. The fraction of sp³-hybridized carbons (Fsp3) is 0.556. The van der Waals surface area contributed by atoms with Crippen molar-refractivity contribution in [2.45, 2.75) is 58.6 Å². The summed E-state index contributed by atoms with van der Waals surface area (Å²) in [5.74, 6) is 1.09. The van der Waals surface area contributed by atoms with Crippen molar-refractivity contribution in [1.29, 1.82) is 0 Å². The number of benzene rings is 1. The van der Waals surface area contributed by atoms with Crippen molar-refractivity contribution in [2.75, 3.05) is 32.8 Å². The van der Waals surface area contributed by atoms with Crippen molar-refractivity contribution in [2.24, 2.45) is 5.92 Å². The van der Waals surface area contributed by atoms with E-state index in [1.807, 2.05) is 49.9 Å². The summed E-state index contributed by atoms with van der Waals surface area (Å²) in [5.41, 5.74) is 2.24. The zero-order valence-electron chi connectivity index (χ0n) is 20.5. The van der Waals surface area contributed by atoms with E-state index >= 15 is 0 Å². The second-order valence-corrected chi connectivity index (χ2v) is 10.7. The lowest BCUT2D eigenvalue weighted by molar-refractivity contribution is -0.144. The number of fused-ring (bicyclic) bond motifs is 1. The van der Waals surface area contributed by atoms with Crippen molar-refractivity contribution >= 4 is 23.2 Å². The minimum absolute atomic E-state index is 0.0222. The average molecular weight is 485 g/mol. The Morgan fingerprint density at radius 1 is 1.26 bits per heavy atom. The molecule has 184 valence electrons. The van der Waals surface area contributed by atoms with Crippen molar-refractivity contribution < 1.29 is 19.1 Å². The summed E-state index contributed by atoms with van der Waals surface area (Å²) in [6.07, 6.45) is 3.25. The second-order valence-electron chi connectivity index (χ2n) is 9.74. The first-order valence-electron chi connectivity index (χ1n) is 12.4. The standard InChI is InChI=1S/C27H36N2O4S/c1-19(2)15-26(30)28(16-21-8-6-13-32-21)17-27(31)29-12-10-25-22(11-14-34-25)23(29)18-33-24-9-5-4-7-20(24)3/h4-5,7,9,11,14,19,21,23H,6,8,10,12-13,15-18H2,1-3H3/t21-,23+/m1/s1. The monoisotopic (exact) mass is 484 g/mol. The average Bonchev–Trinajstić information content (AvgIpc) is 3.49. The van der Waals surface area contributed by atoms with Crippen LogP contribution in [0.5, 0.6) is 5.75 Å². The molecule has 0 aliphatic carbocycles. The summed E-state index contributed by atoms with van der Waals surface area (Å²) in [4.78, 5) is 31.6. The van der Waals surface area contributed by atoms with Crippen LogP contribution in [0.25, 0.3) is 0 Å². The lowest BCUT2D eigenvalue weighted by Gasteiger charge is -2.37. The van der Waals surface area contributed by atoms with Crippen LogP contribution in [0.1, 0.15) is 55.2 Å². The van der Waals surface area contributed by atoms with E-state index in [0.717, 1.165) is 42.7 Å². The highest BCUT2D eigenvalue weighted by Gasteiger charge is 2.34. The summed E-state index contributed by atoms with van der Waals surface area (Å²) >= 11 is 1.74. The number of amides is 2. The molecule has 1 aromatic carbocycles. The van der Waals surface area contributed by atoms with E-state index < -0.39 is 0 Å². The Balaban J connectivity index is 1.50. The number of para-hydroxylation sites is 1. The molecule has 2 atom stereocenters. The number of ether oxygens (including phenoxy) is 2. The van der Waals surface area contributed by atoms with E-state index in [1.165, 1.54) is 4.88 Å². The quantitative estimate of drug-likeness (QED) is 0.521. The largest absolute Gasteiger partial charge is 0.491 e. The molecule has 0 radical (unpaired) electrons. The first kappa shape index (κ1) is 24.7. The van der Waals surface area contributed by atoms with E-state index in [4.69, 9.17) is 9.47 Å². The molecule has 2 aliphatic heterocycles. The number of carbonyl (C=O) groups excluding carboxylic acids is 2. The van der Waals surface area contributed by atoms with Crippen LogP contribution in [0.3, 0.4) is 0 Å². The van der Waals surface area contributed by atoms with Gasteiger partial charge in [0.1, 0.15) is 12.4 Å². The van der Waals surface area contributed by atoms with Gasteiger partial charge in [0, 0.05) is 31.0 Å². The molecule has 0 bridgehead atoms. The van der Waals surface area contributed by atoms with Gasteiger partial charge in [-0.3, -0.25) is 9.59 Å². The Kier molecular flexibility index (Phi) is 8.27. The Labute approximate surface area is 206 Å². The highest BCUT2D eigenvalue weighted by atomic mass is 32.1. The summed E-state index contributed by atoms with van der Waals surface area (Å²) in [6.45, 7) is 8.43. The van der Waals surface area contributed by atoms with Gasteiger partial charge in [-0.1, -0.05) is 32.0 Å². The molecule has 2 aromatic rings. The molecule has 7 heteroatoms. The zero-order valence-corrected chi connectivity index (χ0v) is 21.3. The smallest absolute Gasteiger partial charge is 0.242 e. The lowest BCUT2D eigenvalue weighted by Crippen LogP contribution is -2.49. The van der Waals surface area contributed by atoms with E-state index in [1.54, 1.807) is 16.2 Å².